The first-order chi connectivity index (χ1) is 11.9. The molecule has 0 aliphatic heterocycles. The third kappa shape index (κ3) is 3.51. The van der Waals surface area contributed by atoms with Gasteiger partial charge in [-0.15, -0.1) is 0 Å². The van der Waals surface area contributed by atoms with Crippen LogP contribution in [0.3, 0.4) is 0 Å². The van der Waals surface area contributed by atoms with E-state index in [2.05, 4.69) is 15.3 Å². The fraction of sp³-hybridized carbons (Fsp3) is 0.263. The van der Waals surface area contributed by atoms with Gasteiger partial charge in [0.25, 0.3) is 0 Å². The number of anilines is 2. The third-order valence-electron chi connectivity index (χ3n) is 4.10. The van der Waals surface area contributed by atoms with Gasteiger partial charge in [0, 0.05) is 27.7 Å². The summed E-state index contributed by atoms with van der Waals surface area (Å²) < 4.78 is 18.6. The molecule has 4 nitrogen and oxygen atoms in total. The van der Waals surface area contributed by atoms with Crippen LogP contribution in [0.1, 0.15) is 19.4 Å². The number of halogens is 2. The number of hydrogen-bond acceptors (Lipinski definition) is 4. The van der Waals surface area contributed by atoms with Crippen molar-refractivity contribution >= 4 is 34.0 Å². The number of methoxy groups -OCH3 is 1. The molecule has 1 aromatic carbocycles. The van der Waals surface area contributed by atoms with Gasteiger partial charge in [-0.2, -0.15) is 0 Å². The standard InChI is InChI=1S/C19H19ClFN3O/c1-19(2,11-21)15-9-13(4-5-16(15)20)24-18-17-12(6-7-22-18)8-14(25-3)10-23-17/h4-10H,11H2,1-3H3,(H,22,24). The highest BCUT2D eigenvalue weighted by atomic mass is 35.5. The van der Waals surface area contributed by atoms with E-state index in [4.69, 9.17) is 16.3 Å². The van der Waals surface area contributed by atoms with Crippen LogP contribution in [0.25, 0.3) is 10.9 Å². The van der Waals surface area contributed by atoms with Crippen LogP contribution in [-0.4, -0.2) is 23.8 Å². The lowest BCUT2D eigenvalue weighted by molar-refractivity contribution is 0.351. The van der Waals surface area contributed by atoms with E-state index in [-0.39, 0.29) is 0 Å². The van der Waals surface area contributed by atoms with E-state index < -0.39 is 12.1 Å². The lowest BCUT2D eigenvalue weighted by Crippen LogP contribution is -2.20. The summed E-state index contributed by atoms with van der Waals surface area (Å²) in [5.74, 6) is 1.30. The molecule has 2 heterocycles. The van der Waals surface area contributed by atoms with Crippen molar-refractivity contribution in [3.63, 3.8) is 0 Å². The Balaban J connectivity index is 2.01. The van der Waals surface area contributed by atoms with Crippen molar-refractivity contribution in [3.8, 4) is 5.75 Å². The molecule has 130 valence electrons. The Kier molecular flexibility index (Phi) is 4.77. The van der Waals surface area contributed by atoms with Crippen LogP contribution in [0.4, 0.5) is 15.9 Å². The van der Waals surface area contributed by atoms with Gasteiger partial charge in [0.2, 0.25) is 0 Å². The van der Waals surface area contributed by atoms with Gasteiger partial charge < -0.3 is 10.1 Å². The van der Waals surface area contributed by atoms with Crippen LogP contribution in [0.5, 0.6) is 5.75 Å². The highest BCUT2D eigenvalue weighted by Crippen LogP contribution is 2.34. The predicted molar refractivity (Wildman–Crippen MR) is 99.8 cm³/mol. The van der Waals surface area contributed by atoms with Crippen LogP contribution < -0.4 is 10.1 Å². The Morgan fingerprint density at radius 2 is 2.00 bits per heavy atom. The van der Waals surface area contributed by atoms with E-state index >= 15 is 0 Å². The Bertz CT molecular complexity index is 914. The average Bonchev–Trinajstić information content (AvgIpc) is 2.63. The third-order valence-corrected chi connectivity index (χ3v) is 4.43. The van der Waals surface area contributed by atoms with E-state index in [1.165, 1.54) is 0 Å². The molecule has 0 saturated carbocycles. The minimum Gasteiger partial charge on any atom is -0.495 e. The second-order valence-corrected chi connectivity index (χ2v) is 6.85. The van der Waals surface area contributed by atoms with Gasteiger partial charge in [-0.1, -0.05) is 25.4 Å². The zero-order valence-electron chi connectivity index (χ0n) is 14.3. The Labute approximate surface area is 151 Å². The SMILES string of the molecule is COc1cnc2c(Nc3ccc(Cl)c(C(C)(C)CF)c3)nccc2c1. The summed E-state index contributed by atoms with van der Waals surface area (Å²) >= 11 is 6.25. The normalized spacial score (nSPS) is 11.6. The minimum atomic E-state index is -0.660. The molecule has 0 aliphatic rings. The first-order valence-electron chi connectivity index (χ1n) is 7.86. The Hall–Kier alpha value is -2.40. The number of pyridine rings is 2. The molecular weight excluding hydrogens is 341 g/mol. The number of ether oxygens (including phenoxy) is 1. The number of rotatable bonds is 5. The molecule has 0 bridgehead atoms. The second kappa shape index (κ2) is 6.84. The fourth-order valence-corrected chi connectivity index (χ4v) is 2.95. The molecule has 0 amide bonds. The zero-order chi connectivity index (χ0) is 18.0. The highest BCUT2D eigenvalue weighted by molar-refractivity contribution is 6.31. The number of aromatic nitrogens is 2. The molecular formula is C19H19ClFN3O. The smallest absolute Gasteiger partial charge is 0.156 e. The number of nitrogens with one attached hydrogen (secondary N) is 1. The van der Waals surface area contributed by atoms with Crippen molar-refractivity contribution in [3.05, 3.63) is 53.3 Å². The highest BCUT2D eigenvalue weighted by Gasteiger charge is 2.23. The van der Waals surface area contributed by atoms with Gasteiger partial charge in [0.15, 0.2) is 5.82 Å². The molecule has 3 aromatic rings. The monoisotopic (exact) mass is 359 g/mol. The summed E-state index contributed by atoms with van der Waals surface area (Å²) in [5.41, 5.74) is 1.59. The first kappa shape index (κ1) is 17.4. The fourth-order valence-electron chi connectivity index (χ4n) is 2.57. The summed E-state index contributed by atoms with van der Waals surface area (Å²) in [6, 6.07) is 9.22. The lowest BCUT2D eigenvalue weighted by Gasteiger charge is -2.23. The quantitative estimate of drug-likeness (QED) is 0.673. The largest absolute Gasteiger partial charge is 0.495 e. The van der Waals surface area contributed by atoms with Crippen molar-refractivity contribution in [2.24, 2.45) is 0 Å². The van der Waals surface area contributed by atoms with E-state index in [1.807, 2.05) is 38.1 Å². The van der Waals surface area contributed by atoms with E-state index in [9.17, 15) is 4.39 Å². The number of fused-ring (bicyclic) bond motifs is 1. The maximum absolute atomic E-state index is 13.4. The summed E-state index contributed by atoms with van der Waals surface area (Å²) in [7, 11) is 1.60. The van der Waals surface area contributed by atoms with Crippen LogP contribution in [0.15, 0.2) is 42.7 Å². The molecule has 0 saturated heterocycles. The molecule has 0 atom stereocenters. The van der Waals surface area contributed by atoms with E-state index in [0.29, 0.717) is 16.6 Å². The maximum Gasteiger partial charge on any atom is 0.156 e. The van der Waals surface area contributed by atoms with Crippen molar-refractivity contribution in [1.82, 2.24) is 9.97 Å². The van der Waals surface area contributed by atoms with Crippen LogP contribution in [-0.2, 0) is 5.41 Å². The van der Waals surface area contributed by atoms with Crippen LogP contribution in [0, 0.1) is 0 Å². The summed E-state index contributed by atoms with van der Waals surface area (Å²) in [5, 5.41) is 4.71. The van der Waals surface area contributed by atoms with Gasteiger partial charge in [-0.3, -0.25) is 4.39 Å². The molecule has 3 rings (SSSR count). The summed E-state index contributed by atoms with van der Waals surface area (Å²) in [6.45, 7) is 3.15. The van der Waals surface area contributed by atoms with Crippen LogP contribution >= 0.6 is 11.6 Å². The van der Waals surface area contributed by atoms with Crippen LogP contribution in [0.2, 0.25) is 5.02 Å². The Morgan fingerprint density at radius 3 is 2.72 bits per heavy atom. The van der Waals surface area contributed by atoms with E-state index in [1.54, 1.807) is 25.6 Å². The van der Waals surface area contributed by atoms with Gasteiger partial charge in [-0.05, 0) is 35.9 Å². The summed E-state index contributed by atoms with van der Waals surface area (Å²) in [6.07, 6.45) is 3.35. The molecule has 6 heteroatoms. The molecule has 0 unspecified atom stereocenters. The molecule has 0 aliphatic carbocycles. The molecule has 0 fully saturated rings. The average molecular weight is 360 g/mol. The van der Waals surface area contributed by atoms with Gasteiger partial charge >= 0.3 is 0 Å². The number of nitrogens with zero attached hydrogens (tertiary/aromatic N) is 2. The molecule has 0 spiro atoms. The first-order valence-corrected chi connectivity index (χ1v) is 8.24. The number of hydrogen-bond donors (Lipinski definition) is 1. The summed E-state index contributed by atoms with van der Waals surface area (Å²) in [4.78, 5) is 8.79. The van der Waals surface area contributed by atoms with Crippen molar-refractivity contribution < 1.29 is 9.13 Å². The topological polar surface area (TPSA) is 47.0 Å². The molecule has 0 radical (unpaired) electrons. The molecule has 1 N–H and O–H groups in total. The zero-order valence-corrected chi connectivity index (χ0v) is 15.1. The predicted octanol–water partition coefficient (Wildman–Crippen LogP) is 5.28. The van der Waals surface area contributed by atoms with E-state index in [0.717, 1.165) is 22.2 Å². The maximum atomic E-state index is 13.4. The van der Waals surface area contributed by atoms with Crippen molar-refractivity contribution in [2.45, 2.75) is 19.3 Å². The van der Waals surface area contributed by atoms with Gasteiger partial charge in [-0.25, -0.2) is 9.97 Å². The van der Waals surface area contributed by atoms with Crippen molar-refractivity contribution in [1.29, 1.82) is 0 Å². The lowest BCUT2D eigenvalue weighted by atomic mass is 9.86. The van der Waals surface area contributed by atoms with Gasteiger partial charge in [0.05, 0.1) is 20.0 Å². The number of alkyl halides is 1. The van der Waals surface area contributed by atoms with Crippen molar-refractivity contribution in [2.75, 3.05) is 19.1 Å². The second-order valence-electron chi connectivity index (χ2n) is 6.44. The number of benzene rings is 1. The van der Waals surface area contributed by atoms with Gasteiger partial charge in [0.1, 0.15) is 11.3 Å². The minimum absolute atomic E-state index is 0.496. The molecule has 25 heavy (non-hydrogen) atoms. The molecule has 2 aromatic heterocycles. The Morgan fingerprint density at radius 1 is 1.20 bits per heavy atom.